The average Bonchev–Trinajstić information content (AvgIpc) is 3.47. The van der Waals surface area contributed by atoms with E-state index in [9.17, 15) is 9.18 Å². The van der Waals surface area contributed by atoms with Gasteiger partial charge in [0.05, 0.1) is 23.8 Å². The van der Waals surface area contributed by atoms with Crippen LogP contribution >= 0.6 is 0 Å². The van der Waals surface area contributed by atoms with Crippen molar-refractivity contribution in [1.29, 1.82) is 0 Å². The fraction of sp³-hybridized carbons (Fsp3) is 0.308. The van der Waals surface area contributed by atoms with Gasteiger partial charge in [-0.25, -0.2) is 9.07 Å². The van der Waals surface area contributed by atoms with E-state index in [-0.39, 0.29) is 24.2 Å². The van der Waals surface area contributed by atoms with E-state index in [4.69, 9.17) is 4.52 Å². The van der Waals surface area contributed by atoms with Gasteiger partial charge in [-0.1, -0.05) is 35.0 Å². The Kier molecular flexibility index (Phi) is 6.41. The molecule has 0 saturated carbocycles. The number of benzene rings is 2. The van der Waals surface area contributed by atoms with Crippen LogP contribution in [0.5, 0.6) is 0 Å². The summed E-state index contributed by atoms with van der Waals surface area (Å²) in [6.45, 7) is 5.63. The number of piperidine rings is 1. The monoisotopic (exact) mass is 474 g/mol. The number of carbonyl (C=O) groups is 1. The molecule has 0 spiro atoms. The summed E-state index contributed by atoms with van der Waals surface area (Å²) in [5, 5.41) is 11.6. The predicted octanol–water partition coefficient (Wildman–Crippen LogP) is 4.50. The largest absolute Gasteiger partial charge is 0.339 e. The summed E-state index contributed by atoms with van der Waals surface area (Å²) in [5.41, 5.74) is 3.45. The van der Waals surface area contributed by atoms with Gasteiger partial charge in [-0.15, -0.1) is 0 Å². The minimum Gasteiger partial charge on any atom is -0.339 e. The summed E-state index contributed by atoms with van der Waals surface area (Å²) in [6.07, 6.45) is 1.80. The molecule has 1 aliphatic heterocycles. The summed E-state index contributed by atoms with van der Waals surface area (Å²) < 4.78 is 20.8. The van der Waals surface area contributed by atoms with E-state index < -0.39 is 0 Å². The number of rotatable bonds is 6. The molecule has 180 valence electrons. The normalized spacial score (nSPS) is 16.4. The lowest BCUT2D eigenvalue weighted by Gasteiger charge is -2.30. The maximum Gasteiger partial charge on any atom is 0.239 e. The molecule has 1 amide bonds. The van der Waals surface area contributed by atoms with E-state index in [1.165, 1.54) is 12.1 Å². The van der Waals surface area contributed by atoms with E-state index in [2.05, 4.69) is 25.5 Å². The van der Waals surface area contributed by atoms with Crippen LogP contribution in [0.15, 0.2) is 59.1 Å². The lowest BCUT2D eigenvalue weighted by Crippen LogP contribution is -2.40. The van der Waals surface area contributed by atoms with E-state index >= 15 is 0 Å². The van der Waals surface area contributed by atoms with Gasteiger partial charge in [-0.05, 0) is 57.5 Å². The van der Waals surface area contributed by atoms with Gasteiger partial charge in [-0.2, -0.15) is 10.1 Å². The van der Waals surface area contributed by atoms with Crippen molar-refractivity contribution in [3.05, 3.63) is 77.6 Å². The number of amides is 1. The summed E-state index contributed by atoms with van der Waals surface area (Å²) in [7, 11) is 0. The van der Waals surface area contributed by atoms with Crippen molar-refractivity contribution in [2.24, 2.45) is 0 Å². The van der Waals surface area contributed by atoms with Crippen LogP contribution in [0.2, 0.25) is 0 Å². The summed E-state index contributed by atoms with van der Waals surface area (Å²) in [4.78, 5) is 19.5. The Morgan fingerprint density at radius 2 is 2.00 bits per heavy atom. The van der Waals surface area contributed by atoms with Crippen LogP contribution in [0.1, 0.15) is 35.9 Å². The lowest BCUT2D eigenvalue weighted by atomic mass is 9.98. The zero-order valence-electron chi connectivity index (χ0n) is 19.7. The maximum absolute atomic E-state index is 13.5. The second-order valence-electron chi connectivity index (χ2n) is 9.01. The molecule has 4 aromatic rings. The van der Waals surface area contributed by atoms with Gasteiger partial charge in [0.1, 0.15) is 11.6 Å². The maximum atomic E-state index is 13.5. The third kappa shape index (κ3) is 5.30. The smallest absolute Gasteiger partial charge is 0.239 e. The number of nitrogens with one attached hydrogen (secondary N) is 1. The van der Waals surface area contributed by atoms with Crippen molar-refractivity contribution in [3.63, 3.8) is 0 Å². The first-order valence-corrected chi connectivity index (χ1v) is 11.7. The fourth-order valence-electron chi connectivity index (χ4n) is 4.40. The third-order valence-corrected chi connectivity index (χ3v) is 6.12. The molecule has 35 heavy (non-hydrogen) atoms. The minimum atomic E-state index is -0.345. The molecule has 1 N–H and O–H groups in total. The number of aromatic nitrogens is 4. The predicted molar refractivity (Wildman–Crippen MR) is 130 cm³/mol. The van der Waals surface area contributed by atoms with Crippen molar-refractivity contribution < 1.29 is 13.7 Å². The Morgan fingerprint density at radius 3 is 2.80 bits per heavy atom. The molecule has 9 heteroatoms. The van der Waals surface area contributed by atoms with Crippen LogP contribution in [0.25, 0.3) is 17.1 Å². The van der Waals surface area contributed by atoms with Gasteiger partial charge in [0.25, 0.3) is 0 Å². The van der Waals surface area contributed by atoms with E-state index in [1.54, 1.807) is 16.8 Å². The molecule has 3 heterocycles. The number of likely N-dealkylation sites (tertiary alicyclic amines) is 1. The van der Waals surface area contributed by atoms with Crippen molar-refractivity contribution in [2.75, 3.05) is 25.0 Å². The highest BCUT2D eigenvalue weighted by Gasteiger charge is 2.27. The van der Waals surface area contributed by atoms with E-state index in [0.29, 0.717) is 29.6 Å². The van der Waals surface area contributed by atoms with Gasteiger partial charge in [0.15, 0.2) is 0 Å². The van der Waals surface area contributed by atoms with Crippen LogP contribution in [-0.2, 0) is 4.79 Å². The highest BCUT2D eigenvalue weighted by atomic mass is 19.1. The van der Waals surface area contributed by atoms with Gasteiger partial charge in [0.2, 0.25) is 17.6 Å². The summed E-state index contributed by atoms with van der Waals surface area (Å²) >= 11 is 0. The highest BCUT2D eigenvalue weighted by molar-refractivity contribution is 5.91. The molecule has 0 radical (unpaired) electrons. The first-order valence-electron chi connectivity index (χ1n) is 11.7. The molecule has 0 aliphatic carbocycles. The summed E-state index contributed by atoms with van der Waals surface area (Å²) in [6, 6.07) is 16.0. The quantitative estimate of drug-likeness (QED) is 0.443. The van der Waals surface area contributed by atoms with Gasteiger partial charge in [-0.3, -0.25) is 9.69 Å². The number of anilines is 1. The van der Waals surface area contributed by atoms with Gasteiger partial charge < -0.3 is 9.84 Å². The molecule has 1 fully saturated rings. The molecular weight excluding hydrogens is 447 g/mol. The zero-order chi connectivity index (χ0) is 24.4. The van der Waals surface area contributed by atoms with Crippen LogP contribution in [0.4, 0.5) is 10.2 Å². The van der Waals surface area contributed by atoms with Crippen LogP contribution < -0.4 is 5.32 Å². The molecule has 2 aromatic heterocycles. The molecule has 1 unspecified atom stereocenters. The number of aryl methyl sites for hydroxylation is 2. The highest BCUT2D eigenvalue weighted by Crippen LogP contribution is 2.28. The SMILES string of the molecule is Cc1ccc(-n2nc(C)cc2NC(=O)CN2CCCC(c3nc(-c4cccc(F)c4)no3)C2)cc1. The van der Waals surface area contributed by atoms with Crippen molar-refractivity contribution in [1.82, 2.24) is 24.8 Å². The molecule has 8 nitrogen and oxygen atoms in total. The minimum absolute atomic E-state index is 0.0201. The zero-order valence-corrected chi connectivity index (χ0v) is 19.7. The standard InChI is InChI=1S/C26H27FN6O2/c1-17-8-10-22(11-9-17)33-23(13-18(2)30-33)28-24(34)16-32-12-4-6-20(15-32)26-29-25(31-35-26)19-5-3-7-21(27)14-19/h3,5,7-11,13-14,20H,4,6,12,15-16H2,1-2H3,(H,28,34). The Morgan fingerprint density at radius 1 is 1.17 bits per heavy atom. The Balaban J connectivity index is 1.23. The fourth-order valence-corrected chi connectivity index (χ4v) is 4.40. The Bertz CT molecular complexity index is 1330. The second kappa shape index (κ2) is 9.79. The molecule has 2 aromatic carbocycles. The molecule has 1 aliphatic rings. The third-order valence-electron chi connectivity index (χ3n) is 6.12. The Labute approximate surface area is 202 Å². The first kappa shape index (κ1) is 22.9. The van der Waals surface area contributed by atoms with Crippen LogP contribution in [0, 0.1) is 19.7 Å². The van der Waals surface area contributed by atoms with Crippen LogP contribution in [0.3, 0.4) is 0 Å². The van der Waals surface area contributed by atoms with Crippen molar-refractivity contribution >= 4 is 11.7 Å². The summed E-state index contributed by atoms with van der Waals surface area (Å²) in [5.74, 6) is 1.09. The van der Waals surface area contributed by atoms with E-state index in [1.807, 2.05) is 44.2 Å². The van der Waals surface area contributed by atoms with Crippen molar-refractivity contribution in [2.45, 2.75) is 32.6 Å². The number of halogens is 1. The second-order valence-corrected chi connectivity index (χ2v) is 9.01. The topological polar surface area (TPSA) is 89.1 Å². The average molecular weight is 475 g/mol. The molecule has 5 rings (SSSR count). The van der Waals surface area contributed by atoms with E-state index in [0.717, 1.165) is 36.3 Å². The van der Waals surface area contributed by atoms with Gasteiger partial charge >= 0.3 is 0 Å². The number of carbonyl (C=O) groups excluding carboxylic acids is 1. The number of hydrogen-bond acceptors (Lipinski definition) is 6. The molecular formula is C26H27FN6O2. The van der Waals surface area contributed by atoms with Crippen LogP contribution in [-0.4, -0.2) is 50.4 Å². The first-order chi connectivity index (χ1) is 16.9. The van der Waals surface area contributed by atoms with Gasteiger partial charge in [0, 0.05) is 18.2 Å². The Hall–Kier alpha value is -3.85. The number of hydrogen-bond donors (Lipinski definition) is 1. The van der Waals surface area contributed by atoms with Crippen molar-refractivity contribution in [3.8, 4) is 17.1 Å². The lowest BCUT2D eigenvalue weighted by molar-refractivity contribution is -0.117. The molecule has 1 saturated heterocycles. The molecule has 0 bridgehead atoms. The molecule has 1 atom stereocenters. The number of nitrogens with zero attached hydrogens (tertiary/aromatic N) is 5.